The summed E-state index contributed by atoms with van der Waals surface area (Å²) in [6.45, 7) is 3.68. The van der Waals surface area contributed by atoms with Crippen LogP contribution in [0.2, 0.25) is 5.02 Å². The Bertz CT molecular complexity index is 1210. The third-order valence-corrected chi connectivity index (χ3v) is 5.64. The Labute approximate surface area is 182 Å². The van der Waals surface area contributed by atoms with Gasteiger partial charge in [-0.1, -0.05) is 73.1 Å². The van der Waals surface area contributed by atoms with Gasteiger partial charge >= 0.3 is 0 Å². The summed E-state index contributed by atoms with van der Waals surface area (Å²) in [4.78, 5) is 17.0. The van der Waals surface area contributed by atoms with Crippen LogP contribution >= 0.6 is 11.6 Å². The number of rotatable bonds is 5. The van der Waals surface area contributed by atoms with E-state index >= 15 is 0 Å². The number of imidazole rings is 1. The molecule has 0 amide bonds. The van der Waals surface area contributed by atoms with Gasteiger partial charge in [0.15, 0.2) is 5.78 Å². The van der Waals surface area contributed by atoms with Crippen LogP contribution in [-0.4, -0.2) is 15.3 Å². The molecular weight excluding hydrogens is 392 g/mol. The van der Waals surface area contributed by atoms with Crippen LogP contribution in [0.5, 0.6) is 0 Å². The van der Waals surface area contributed by atoms with Crippen molar-refractivity contribution in [2.75, 3.05) is 0 Å². The number of benzene rings is 3. The zero-order valence-electron chi connectivity index (χ0n) is 17.3. The Kier molecular flexibility index (Phi) is 5.56. The fourth-order valence-corrected chi connectivity index (χ4v) is 3.99. The number of nitrogens with zero attached hydrogens (tertiary/aromatic N) is 2. The minimum Gasteiger partial charge on any atom is -0.327 e. The molecule has 4 heteroatoms. The molecule has 0 atom stereocenters. The third kappa shape index (κ3) is 3.69. The molecule has 0 bridgehead atoms. The Morgan fingerprint density at radius 3 is 2.23 bits per heavy atom. The van der Waals surface area contributed by atoms with Gasteiger partial charge in [-0.3, -0.25) is 4.79 Å². The maximum atomic E-state index is 12.0. The second-order valence-corrected chi connectivity index (χ2v) is 7.78. The molecule has 4 rings (SSSR count). The molecule has 0 aliphatic rings. The molecule has 0 saturated heterocycles. The van der Waals surface area contributed by atoms with Gasteiger partial charge in [0.05, 0.1) is 11.4 Å². The lowest BCUT2D eigenvalue weighted by Crippen LogP contribution is -2.01. The Balaban J connectivity index is 1.94. The van der Waals surface area contributed by atoms with Crippen LogP contribution in [0.25, 0.3) is 33.9 Å². The summed E-state index contributed by atoms with van der Waals surface area (Å²) in [5.41, 5.74) is 6.87. The molecule has 3 nitrogen and oxygen atoms in total. The number of halogens is 1. The summed E-state index contributed by atoms with van der Waals surface area (Å²) in [6, 6.07) is 24.0. The van der Waals surface area contributed by atoms with Gasteiger partial charge in [0, 0.05) is 34.3 Å². The molecule has 150 valence electrons. The van der Waals surface area contributed by atoms with Crippen LogP contribution < -0.4 is 0 Å². The van der Waals surface area contributed by atoms with Crippen LogP contribution in [0.1, 0.15) is 29.8 Å². The minimum absolute atomic E-state index is 0.0880. The summed E-state index contributed by atoms with van der Waals surface area (Å²) in [5.74, 6) is 0.952. The number of carbonyl (C=O) groups excluding carboxylic acids is 1. The summed E-state index contributed by atoms with van der Waals surface area (Å²) in [5, 5.41) is 0.698. The lowest BCUT2D eigenvalue weighted by molar-refractivity contribution is 0.101. The van der Waals surface area contributed by atoms with Crippen LogP contribution in [0.15, 0.2) is 72.8 Å². The van der Waals surface area contributed by atoms with Gasteiger partial charge < -0.3 is 4.57 Å². The van der Waals surface area contributed by atoms with Gasteiger partial charge in [-0.2, -0.15) is 0 Å². The first kappa shape index (κ1) is 20.1. The van der Waals surface area contributed by atoms with Crippen LogP contribution in [0.3, 0.4) is 0 Å². The zero-order chi connectivity index (χ0) is 21.3. The molecular formula is C26H23ClN2O. The molecule has 0 saturated carbocycles. The summed E-state index contributed by atoms with van der Waals surface area (Å²) in [6.07, 6.45) is 0.794. The number of hydrogen-bond donors (Lipinski definition) is 0. The van der Waals surface area contributed by atoms with E-state index in [1.54, 1.807) is 6.92 Å². The van der Waals surface area contributed by atoms with E-state index in [0.717, 1.165) is 51.5 Å². The highest BCUT2D eigenvalue weighted by Gasteiger charge is 2.20. The van der Waals surface area contributed by atoms with E-state index in [4.69, 9.17) is 16.6 Å². The second kappa shape index (κ2) is 8.29. The molecule has 0 N–H and O–H groups in total. The van der Waals surface area contributed by atoms with Crippen molar-refractivity contribution in [1.29, 1.82) is 0 Å². The van der Waals surface area contributed by atoms with E-state index < -0.39 is 0 Å². The first-order chi connectivity index (χ1) is 14.5. The predicted molar refractivity (Wildman–Crippen MR) is 124 cm³/mol. The molecule has 3 aromatic carbocycles. The summed E-state index contributed by atoms with van der Waals surface area (Å²) >= 11 is 6.11. The molecule has 4 aromatic rings. The van der Waals surface area contributed by atoms with Crippen molar-refractivity contribution in [1.82, 2.24) is 9.55 Å². The molecule has 1 heterocycles. The number of carbonyl (C=O) groups is 1. The average molecular weight is 415 g/mol. The Morgan fingerprint density at radius 1 is 0.933 bits per heavy atom. The summed E-state index contributed by atoms with van der Waals surface area (Å²) in [7, 11) is 2.04. The number of aromatic nitrogens is 2. The first-order valence-corrected chi connectivity index (χ1v) is 10.4. The number of hydrogen-bond acceptors (Lipinski definition) is 2. The second-order valence-electron chi connectivity index (χ2n) is 7.35. The topological polar surface area (TPSA) is 34.9 Å². The van der Waals surface area contributed by atoms with Crippen LogP contribution in [0, 0.1) is 0 Å². The SMILES string of the molecule is CCc1cc(-c2nc(-c3ccc(Cl)cc3)c(-c3ccccc3)n2C)ccc1C(C)=O. The molecule has 0 aliphatic carbocycles. The average Bonchev–Trinajstić information content (AvgIpc) is 3.11. The van der Waals surface area contributed by atoms with E-state index in [0.29, 0.717) is 5.02 Å². The predicted octanol–water partition coefficient (Wildman–Crippen LogP) is 6.84. The largest absolute Gasteiger partial charge is 0.327 e. The highest BCUT2D eigenvalue weighted by Crippen LogP contribution is 2.36. The van der Waals surface area contributed by atoms with Gasteiger partial charge in [-0.15, -0.1) is 0 Å². The first-order valence-electron chi connectivity index (χ1n) is 10.0. The standard InChI is InChI=1S/C26H23ClN2O/c1-4-18-16-21(12-15-23(18)17(2)30)26-28-24(19-10-13-22(27)14-11-19)25(29(26)3)20-8-6-5-7-9-20/h5-16H,4H2,1-3H3. The van der Waals surface area contributed by atoms with Crippen LogP contribution in [-0.2, 0) is 13.5 Å². The van der Waals surface area contributed by atoms with Gasteiger partial charge in [0.2, 0.25) is 0 Å². The Hall–Kier alpha value is -3.17. The van der Waals surface area contributed by atoms with E-state index in [1.807, 2.05) is 61.6 Å². The molecule has 30 heavy (non-hydrogen) atoms. The Morgan fingerprint density at radius 2 is 1.60 bits per heavy atom. The highest BCUT2D eigenvalue weighted by molar-refractivity contribution is 6.30. The third-order valence-electron chi connectivity index (χ3n) is 5.38. The fraction of sp³-hybridized carbons (Fsp3) is 0.154. The smallest absolute Gasteiger partial charge is 0.160 e. The molecule has 0 unspecified atom stereocenters. The number of aryl methyl sites for hydroxylation is 1. The zero-order valence-corrected chi connectivity index (χ0v) is 18.1. The number of Topliss-reactive ketones (excluding diaryl/α,β-unsaturated/α-hetero) is 1. The van der Waals surface area contributed by atoms with Crippen LogP contribution in [0.4, 0.5) is 0 Å². The van der Waals surface area contributed by atoms with Crippen molar-refractivity contribution < 1.29 is 4.79 Å². The fourth-order valence-electron chi connectivity index (χ4n) is 3.86. The maximum absolute atomic E-state index is 12.0. The van der Waals surface area contributed by atoms with Crippen molar-refractivity contribution in [2.24, 2.45) is 7.05 Å². The van der Waals surface area contributed by atoms with Crippen molar-refractivity contribution in [3.05, 3.63) is 88.9 Å². The maximum Gasteiger partial charge on any atom is 0.160 e. The molecule has 0 spiro atoms. The van der Waals surface area contributed by atoms with E-state index in [1.165, 1.54) is 0 Å². The lowest BCUT2D eigenvalue weighted by Gasteiger charge is -2.10. The van der Waals surface area contributed by atoms with E-state index in [-0.39, 0.29) is 5.78 Å². The monoisotopic (exact) mass is 414 g/mol. The molecule has 1 aromatic heterocycles. The normalized spacial score (nSPS) is 10.9. The van der Waals surface area contributed by atoms with Gasteiger partial charge in [-0.05, 0) is 37.1 Å². The number of ketones is 1. The quantitative estimate of drug-likeness (QED) is 0.335. The highest BCUT2D eigenvalue weighted by atomic mass is 35.5. The molecule has 0 aliphatic heterocycles. The summed E-state index contributed by atoms with van der Waals surface area (Å²) < 4.78 is 2.13. The lowest BCUT2D eigenvalue weighted by atomic mass is 9.99. The van der Waals surface area contributed by atoms with Crippen molar-refractivity contribution in [3.8, 4) is 33.9 Å². The molecule has 0 fully saturated rings. The minimum atomic E-state index is 0.0880. The van der Waals surface area contributed by atoms with Gasteiger partial charge in [0.25, 0.3) is 0 Å². The molecule has 0 radical (unpaired) electrons. The van der Waals surface area contributed by atoms with Crippen molar-refractivity contribution >= 4 is 17.4 Å². The van der Waals surface area contributed by atoms with E-state index in [9.17, 15) is 4.79 Å². The van der Waals surface area contributed by atoms with Crippen molar-refractivity contribution in [2.45, 2.75) is 20.3 Å². The van der Waals surface area contributed by atoms with Gasteiger partial charge in [0.1, 0.15) is 5.82 Å². The van der Waals surface area contributed by atoms with E-state index in [2.05, 4.69) is 29.7 Å². The van der Waals surface area contributed by atoms with Gasteiger partial charge in [-0.25, -0.2) is 4.98 Å². The van der Waals surface area contributed by atoms with Crippen molar-refractivity contribution in [3.63, 3.8) is 0 Å².